The van der Waals surface area contributed by atoms with Crippen LogP contribution in [0.4, 0.5) is 0 Å². The Morgan fingerprint density at radius 2 is 2.13 bits per heavy atom. The standard InChI is InChI=1S/C10H22N4O/c1-15-9-5-6-12-10(13-11)14-7-3-2-4-8-14/h2-9,11H2,1H3,(H,12,13). The highest BCUT2D eigenvalue weighted by atomic mass is 16.5. The van der Waals surface area contributed by atoms with Crippen molar-refractivity contribution in [1.29, 1.82) is 0 Å². The van der Waals surface area contributed by atoms with Crippen molar-refractivity contribution < 1.29 is 4.74 Å². The van der Waals surface area contributed by atoms with Crippen molar-refractivity contribution in [3.8, 4) is 0 Å². The maximum absolute atomic E-state index is 5.46. The number of nitrogens with zero attached hydrogens (tertiary/aromatic N) is 2. The lowest BCUT2D eigenvalue weighted by atomic mass is 10.1. The predicted octanol–water partition coefficient (Wildman–Crippen LogP) is 0.328. The molecule has 0 aromatic rings. The lowest BCUT2D eigenvalue weighted by Gasteiger charge is -2.29. The first kappa shape index (κ1) is 12.3. The van der Waals surface area contributed by atoms with Crippen LogP contribution >= 0.6 is 0 Å². The van der Waals surface area contributed by atoms with Crippen molar-refractivity contribution in [2.24, 2.45) is 10.8 Å². The molecule has 1 aliphatic heterocycles. The van der Waals surface area contributed by atoms with E-state index in [4.69, 9.17) is 10.6 Å². The van der Waals surface area contributed by atoms with E-state index in [1.54, 1.807) is 7.11 Å². The quantitative estimate of drug-likeness (QED) is 0.233. The molecule has 1 fully saturated rings. The zero-order valence-electron chi connectivity index (χ0n) is 9.54. The third-order valence-corrected chi connectivity index (χ3v) is 2.55. The predicted molar refractivity (Wildman–Crippen MR) is 61.5 cm³/mol. The largest absolute Gasteiger partial charge is 0.385 e. The summed E-state index contributed by atoms with van der Waals surface area (Å²) < 4.78 is 4.97. The molecule has 5 nitrogen and oxygen atoms in total. The topological polar surface area (TPSA) is 62.9 Å². The van der Waals surface area contributed by atoms with Gasteiger partial charge in [0.05, 0.1) is 0 Å². The van der Waals surface area contributed by atoms with Gasteiger partial charge >= 0.3 is 0 Å². The Kier molecular flexibility index (Phi) is 6.11. The lowest BCUT2D eigenvalue weighted by molar-refractivity contribution is 0.196. The molecule has 0 spiro atoms. The molecule has 15 heavy (non-hydrogen) atoms. The molecular weight excluding hydrogens is 192 g/mol. The second-order valence-corrected chi connectivity index (χ2v) is 3.74. The van der Waals surface area contributed by atoms with Crippen molar-refractivity contribution in [2.75, 3.05) is 33.4 Å². The van der Waals surface area contributed by atoms with Gasteiger partial charge in [-0.1, -0.05) is 0 Å². The minimum atomic E-state index is 0.751. The van der Waals surface area contributed by atoms with Crippen molar-refractivity contribution in [1.82, 2.24) is 10.3 Å². The molecule has 0 aromatic heterocycles. The van der Waals surface area contributed by atoms with E-state index < -0.39 is 0 Å². The van der Waals surface area contributed by atoms with E-state index in [1.165, 1.54) is 19.3 Å². The first-order valence-corrected chi connectivity index (χ1v) is 5.63. The Hall–Kier alpha value is -0.810. The number of ether oxygens (including phenoxy) is 1. The van der Waals surface area contributed by atoms with Crippen molar-refractivity contribution in [3.05, 3.63) is 0 Å². The summed E-state index contributed by atoms with van der Waals surface area (Å²) in [5.41, 5.74) is 2.68. The molecule has 0 saturated carbocycles. The summed E-state index contributed by atoms with van der Waals surface area (Å²) in [5, 5.41) is 0. The number of piperidine rings is 1. The molecule has 1 saturated heterocycles. The average Bonchev–Trinajstić information content (AvgIpc) is 2.30. The fourth-order valence-electron chi connectivity index (χ4n) is 1.74. The third-order valence-electron chi connectivity index (χ3n) is 2.55. The van der Waals surface area contributed by atoms with Crippen LogP contribution in [0.15, 0.2) is 4.99 Å². The highest BCUT2D eigenvalue weighted by molar-refractivity contribution is 5.79. The van der Waals surface area contributed by atoms with Crippen LogP contribution in [0, 0.1) is 0 Å². The number of hydrogen-bond acceptors (Lipinski definition) is 3. The van der Waals surface area contributed by atoms with Crippen LogP contribution in [0.1, 0.15) is 25.7 Å². The molecule has 1 rings (SSSR count). The Morgan fingerprint density at radius 3 is 2.73 bits per heavy atom. The summed E-state index contributed by atoms with van der Waals surface area (Å²) in [6, 6.07) is 0. The van der Waals surface area contributed by atoms with E-state index in [9.17, 15) is 0 Å². The maximum Gasteiger partial charge on any atom is 0.208 e. The summed E-state index contributed by atoms with van der Waals surface area (Å²) in [6.45, 7) is 3.64. The number of likely N-dealkylation sites (tertiary alicyclic amines) is 1. The number of hydrazine groups is 1. The molecule has 88 valence electrons. The molecular formula is C10H22N4O. The van der Waals surface area contributed by atoms with Gasteiger partial charge in [0.2, 0.25) is 5.96 Å². The van der Waals surface area contributed by atoms with E-state index in [0.29, 0.717) is 0 Å². The first-order chi connectivity index (χ1) is 7.38. The summed E-state index contributed by atoms with van der Waals surface area (Å²) in [6.07, 6.45) is 4.73. The zero-order valence-corrected chi connectivity index (χ0v) is 9.54. The molecule has 0 atom stereocenters. The molecule has 3 N–H and O–H groups in total. The van der Waals surface area contributed by atoms with Gasteiger partial charge in [-0.3, -0.25) is 10.4 Å². The number of rotatable bonds is 4. The third kappa shape index (κ3) is 4.48. The van der Waals surface area contributed by atoms with Gasteiger partial charge in [0.15, 0.2) is 0 Å². The molecule has 0 aliphatic carbocycles. The number of hydrogen-bond donors (Lipinski definition) is 2. The van der Waals surface area contributed by atoms with Crippen molar-refractivity contribution >= 4 is 5.96 Å². The van der Waals surface area contributed by atoms with Crippen LogP contribution < -0.4 is 11.3 Å². The molecule has 0 unspecified atom stereocenters. The monoisotopic (exact) mass is 214 g/mol. The molecule has 0 amide bonds. The zero-order chi connectivity index (χ0) is 10.9. The van der Waals surface area contributed by atoms with E-state index in [0.717, 1.165) is 38.6 Å². The van der Waals surface area contributed by atoms with Gasteiger partial charge in [-0.15, -0.1) is 0 Å². The Morgan fingerprint density at radius 1 is 1.40 bits per heavy atom. The number of nitrogens with one attached hydrogen (secondary N) is 1. The van der Waals surface area contributed by atoms with Gasteiger partial charge in [0.25, 0.3) is 0 Å². The van der Waals surface area contributed by atoms with Crippen LogP contribution in [-0.2, 0) is 4.74 Å². The summed E-state index contributed by atoms with van der Waals surface area (Å²) in [4.78, 5) is 6.65. The second-order valence-electron chi connectivity index (χ2n) is 3.74. The van der Waals surface area contributed by atoms with E-state index >= 15 is 0 Å². The van der Waals surface area contributed by atoms with Gasteiger partial charge in [-0.2, -0.15) is 0 Å². The maximum atomic E-state index is 5.46. The Labute approximate surface area is 91.6 Å². The molecule has 1 heterocycles. The van der Waals surface area contributed by atoms with Crippen LogP contribution in [0.5, 0.6) is 0 Å². The van der Waals surface area contributed by atoms with Crippen LogP contribution in [-0.4, -0.2) is 44.2 Å². The molecule has 1 aliphatic rings. The van der Waals surface area contributed by atoms with E-state index in [2.05, 4.69) is 15.3 Å². The Balaban J connectivity index is 2.31. The van der Waals surface area contributed by atoms with Gasteiger partial charge in [-0.05, 0) is 25.7 Å². The fourth-order valence-corrected chi connectivity index (χ4v) is 1.74. The second kappa shape index (κ2) is 7.48. The smallest absolute Gasteiger partial charge is 0.208 e. The molecule has 0 aromatic carbocycles. The number of guanidine groups is 1. The van der Waals surface area contributed by atoms with Crippen molar-refractivity contribution in [3.63, 3.8) is 0 Å². The van der Waals surface area contributed by atoms with Gasteiger partial charge in [-0.25, -0.2) is 5.84 Å². The van der Waals surface area contributed by atoms with Gasteiger partial charge < -0.3 is 9.64 Å². The molecule has 5 heteroatoms. The van der Waals surface area contributed by atoms with E-state index in [-0.39, 0.29) is 0 Å². The normalized spacial score (nSPS) is 18.0. The fraction of sp³-hybridized carbons (Fsp3) is 0.900. The number of aliphatic imine (C=N–C) groups is 1. The minimum Gasteiger partial charge on any atom is -0.385 e. The van der Waals surface area contributed by atoms with Gasteiger partial charge in [0, 0.05) is 33.4 Å². The molecule has 0 radical (unpaired) electrons. The SMILES string of the molecule is COCCCN=C(NN)N1CCCCC1. The van der Waals surface area contributed by atoms with E-state index in [1.807, 2.05) is 0 Å². The lowest BCUT2D eigenvalue weighted by Crippen LogP contribution is -2.47. The Bertz CT molecular complexity index is 190. The molecule has 0 bridgehead atoms. The van der Waals surface area contributed by atoms with Crippen LogP contribution in [0.2, 0.25) is 0 Å². The summed E-state index contributed by atoms with van der Waals surface area (Å²) >= 11 is 0. The minimum absolute atomic E-state index is 0.751. The number of nitrogens with two attached hydrogens (primary N) is 1. The summed E-state index contributed by atoms with van der Waals surface area (Å²) in [5.74, 6) is 6.29. The van der Waals surface area contributed by atoms with Crippen LogP contribution in [0.25, 0.3) is 0 Å². The highest BCUT2D eigenvalue weighted by Crippen LogP contribution is 2.08. The average molecular weight is 214 g/mol. The van der Waals surface area contributed by atoms with Crippen LogP contribution in [0.3, 0.4) is 0 Å². The highest BCUT2D eigenvalue weighted by Gasteiger charge is 2.13. The summed E-state index contributed by atoms with van der Waals surface area (Å²) in [7, 11) is 1.70. The van der Waals surface area contributed by atoms with Gasteiger partial charge in [0.1, 0.15) is 0 Å². The number of methoxy groups -OCH3 is 1. The van der Waals surface area contributed by atoms with Crippen molar-refractivity contribution in [2.45, 2.75) is 25.7 Å². The first-order valence-electron chi connectivity index (χ1n) is 5.63.